The number of anilines is 3. The predicted octanol–water partition coefficient (Wildman–Crippen LogP) is 5.61. The Bertz CT molecular complexity index is 1140. The molecule has 0 radical (unpaired) electrons. The van der Waals surface area contributed by atoms with Crippen molar-refractivity contribution < 1.29 is 14.4 Å². The molecule has 1 heterocycles. The fourth-order valence-corrected chi connectivity index (χ4v) is 4.81. The van der Waals surface area contributed by atoms with Crippen molar-refractivity contribution in [2.75, 3.05) is 15.5 Å². The number of para-hydroxylation sites is 2. The lowest BCUT2D eigenvalue weighted by atomic mass is 10.0. The third-order valence-corrected chi connectivity index (χ3v) is 6.77. The van der Waals surface area contributed by atoms with Gasteiger partial charge in [-0.1, -0.05) is 60.8 Å². The van der Waals surface area contributed by atoms with E-state index in [-0.39, 0.29) is 28.2 Å². The van der Waals surface area contributed by atoms with Crippen LogP contribution in [0.1, 0.15) is 20.3 Å². The molecule has 9 heteroatoms. The number of benzene rings is 2. The first-order valence-electron chi connectivity index (χ1n) is 10.4. The van der Waals surface area contributed by atoms with Gasteiger partial charge in [0.15, 0.2) is 0 Å². The van der Waals surface area contributed by atoms with Gasteiger partial charge in [-0.25, -0.2) is 0 Å². The van der Waals surface area contributed by atoms with E-state index in [2.05, 4.69) is 10.6 Å². The lowest BCUT2D eigenvalue weighted by molar-refractivity contribution is -0.127. The van der Waals surface area contributed by atoms with Crippen LogP contribution in [0.5, 0.6) is 0 Å². The summed E-state index contributed by atoms with van der Waals surface area (Å²) in [5.74, 6) is -1.66. The number of hydrogen-bond acceptors (Lipinski definition) is 3. The van der Waals surface area contributed by atoms with Crippen molar-refractivity contribution in [3.05, 3.63) is 64.1 Å². The summed E-state index contributed by atoms with van der Waals surface area (Å²) in [4.78, 5) is 41.0. The van der Waals surface area contributed by atoms with E-state index in [9.17, 15) is 14.4 Å². The number of nitrogens with zero attached hydrogens (tertiary/aromatic N) is 1. The molecule has 3 atom stereocenters. The van der Waals surface area contributed by atoms with Crippen LogP contribution in [0.3, 0.4) is 0 Å². The molecular weight excluding hydrogens is 485 g/mol. The van der Waals surface area contributed by atoms with E-state index in [0.29, 0.717) is 22.1 Å². The summed E-state index contributed by atoms with van der Waals surface area (Å²) in [5.41, 5.74) is 1.23. The van der Waals surface area contributed by atoms with E-state index in [1.807, 2.05) is 13.8 Å². The van der Waals surface area contributed by atoms with Crippen LogP contribution in [0.4, 0.5) is 17.1 Å². The number of carbonyl (C=O) groups excluding carboxylic acids is 3. The van der Waals surface area contributed by atoms with Crippen molar-refractivity contribution in [1.82, 2.24) is 0 Å². The third-order valence-electron chi connectivity index (χ3n) is 6.26. The Kier molecular flexibility index (Phi) is 6.45. The molecule has 1 fully saturated rings. The van der Waals surface area contributed by atoms with Gasteiger partial charge in [0, 0.05) is 10.7 Å². The van der Waals surface area contributed by atoms with Crippen molar-refractivity contribution in [3.8, 4) is 0 Å². The van der Waals surface area contributed by atoms with E-state index in [1.54, 1.807) is 54.6 Å². The summed E-state index contributed by atoms with van der Waals surface area (Å²) >= 11 is 17.6. The Labute approximate surface area is 206 Å². The first kappa shape index (κ1) is 23.6. The normalized spacial score (nSPS) is 22.6. The molecule has 1 aliphatic carbocycles. The molecule has 1 aliphatic heterocycles. The van der Waals surface area contributed by atoms with Gasteiger partial charge in [-0.05, 0) is 53.8 Å². The molecule has 0 bridgehead atoms. The number of allylic oxidation sites excluding steroid dienone is 1. The quantitative estimate of drug-likeness (QED) is 0.553. The molecule has 0 saturated heterocycles. The molecule has 4 rings (SSSR count). The maximum absolute atomic E-state index is 13.7. The van der Waals surface area contributed by atoms with Gasteiger partial charge in [0.2, 0.25) is 17.7 Å². The lowest BCUT2D eigenvalue weighted by Gasteiger charge is -2.36. The Hall–Kier alpha value is -2.54. The van der Waals surface area contributed by atoms with Crippen molar-refractivity contribution in [2.45, 2.75) is 26.3 Å². The van der Waals surface area contributed by atoms with Gasteiger partial charge in [-0.3, -0.25) is 19.3 Å². The second kappa shape index (κ2) is 9.01. The SMILES string of the molecule is CC1(C)[C@@H](C=C(Cl)Cl)[C@@H]1C(=O)N1c2ccccc2NC(=O)[C@@H]1CC(=O)Nc1ccc(Cl)cc1. The molecular formula is C24H22Cl3N3O3. The monoisotopic (exact) mass is 505 g/mol. The third kappa shape index (κ3) is 4.74. The highest BCUT2D eigenvalue weighted by atomic mass is 35.5. The van der Waals surface area contributed by atoms with Crippen molar-refractivity contribution >= 4 is 69.6 Å². The molecule has 0 spiro atoms. The van der Waals surface area contributed by atoms with E-state index in [4.69, 9.17) is 34.8 Å². The lowest BCUT2D eigenvalue weighted by Crippen LogP contribution is -2.53. The zero-order valence-corrected chi connectivity index (χ0v) is 20.2. The second-order valence-electron chi connectivity index (χ2n) is 8.77. The Morgan fingerprint density at radius 1 is 1.12 bits per heavy atom. The molecule has 33 heavy (non-hydrogen) atoms. The van der Waals surface area contributed by atoms with Gasteiger partial charge in [0.25, 0.3) is 0 Å². The molecule has 2 N–H and O–H groups in total. The van der Waals surface area contributed by atoms with Gasteiger partial charge in [0.05, 0.1) is 23.7 Å². The maximum atomic E-state index is 13.7. The summed E-state index contributed by atoms with van der Waals surface area (Å²) in [7, 11) is 0. The maximum Gasteiger partial charge on any atom is 0.248 e. The average molecular weight is 507 g/mol. The molecule has 2 aromatic rings. The van der Waals surface area contributed by atoms with Crippen LogP contribution in [-0.2, 0) is 14.4 Å². The Morgan fingerprint density at radius 3 is 2.45 bits per heavy atom. The van der Waals surface area contributed by atoms with Crippen molar-refractivity contribution in [2.24, 2.45) is 17.3 Å². The minimum atomic E-state index is -1.01. The summed E-state index contributed by atoms with van der Waals surface area (Å²) in [6.07, 6.45) is 1.45. The van der Waals surface area contributed by atoms with Crippen molar-refractivity contribution in [3.63, 3.8) is 0 Å². The van der Waals surface area contributed by atoms with Crippen LogP contribution < -0.4 is 15.5 Å². The van der Waals surface area contributed by atoms with Crippen LogP contribution in [0.15, 0.2) is 59.1 Å². The number of amides is 3. The Balaban J connectivity index is 1.63. The second-order valence-corrected chi connectivity index (χ2v) is 10.2. The first-order chi connectivity index (χ1) is 15.6. The minimum Gasteiger partial charge on any atom is -0.326 e. The summed E-state index contributed by atoms with van der Waals surface area (Å²) in [6, 6.07) is 12.7. The smallest absolute Gasteiger partial charge is 0.248 e. The molecule has 0 aromatic heterocycles. The molecule has 2 aliphatic rings. The zero-order chi connectivity index (χ0) is 23.9. The van der Waals surface area contributed by atoms with Gasteiger partial charge in [-0.15, -0.1) is 0 Å². The fourth-order valence-electron chi connectivity index (χ4n) is 4.41. The average Bonchev–Trinajstić information content (AvgIpc) is 3.28. The number of halogens is 3. The zero-order valence-electron chi connectivity index (χ0n) is 17.9. The highest BCUT2D eigenvalue weighted by Crippen LogP contribution is 2.61. The summed E-state index contributed by atoms with van der Waals surface area (Å²) in [6.45, 7) is 3.90. The number of nitrogens with one attached hydrogen (secondary N) is 2. The van der Waals surface area contributed by atoms with Gasteiger partial charge in [0.1, 0.15) is 10.5 Å². The summed E-state index contributed by atoms with van der Waals surface area (Å²) < 4.78 is 0.0963. The van der Waals surface area contributed by atoms with E-state index >= 15 is 0 Å². The number of fused-ring (bicyclic) bond motifs is 1. The van der Waals surface area contributed by atoms with Gasteiger partial charge < -0.3 is 10.6 Å². The summed E-state index contributed by atoms with van der Waals surface area (Å²) in [5, 5.41) is 6.11. The molecule has 3 amide bonds. The van der Waals surface area contributed by atoms with Gasteiger partial charge >= 0.3 is 0 Å². The van der Waals surface area contributed by atoms with Crippen LogP contribution in [0, 0.1) is 17.3 Å². The van der Waals surface area contributed by atoms with Crippen LogP contribution in [0.2, 0.25) is 5.02 Å². The van der Waals surface area contributed by atoms with Crippen LogP contribution >= 0.6 is 34.8 Å². The molecule has 172 valence electrons. The number of hydrogen-bond donors (Lipinski definition) is 2. The van der Waals surface area contributed by atoms with Crippen molar-refractivity contribution in [1.29, 1.82) is 0 Å². The Morgan fingerprint density at radius 2 is 1.79 bits per heavy atom. The highest BCUT2D eigenvalue weighted by Gasteiger charge is 2.62. The fraction of sp³-hybridized carbons (Fsp3) is 0.292. The van der Waals surface area contributed by atoms with Crippen LogP contribution in [0.25, 0.3) is 0 Å². The first-order valence-corrected chi connectivity index (χ1v) is 11.5. The van der Waals surface area contributed by atoms with E-state index < -0.39 is 23.8 Å². The predicted molar refractivity (Wildman–Crippen MR) is 132 cm³/mol. The van der Waals surface area contributed by atoms with Gasteiger partial charge in [-0.2, -0.15) is 0 Å². The topological polar surface area (TPSA) is 78.5 Å². The van der Waals surface area contributed by atoms with Crippen LogP contribution in [-0.4, -0.2) is 23.8 Å². The highest BCUT2D eigenvalue weighted by molar-refractivity contribution is 6.55. The van der Waals surface area contributed by atoms with E-state index in [0.717, 1.165) is 0 Å². The molecule has 2 aromatic carbocycles. The minimum absolute atomic E-state index is 0.0963. The standard InChI is InChI=1S/C24H22Cl3N3O3/c1-24(2)15(11-19(26)27)21(24)23(33)30-17-6-4-3-5-16(17)29-22(32)18(30)12-20(31)28-14-9-7-13(25)8-10-14/h3-11,15,18,21H,12H2,1-2H3,(H,28,31)(H,29,32)/t15-,18-,21+/m0/s1. The molecule has 1 saturated carbocycles. The number of rotatable bonds is 5. The number of carbonyl (C=O) groups is 3. The largest absolute Gasteiger partial charge is 0.326 e. The molecule has 0 unspecified atom stereocenters. The van der Waals surface area contributed by atoms with E-state index in [1.165, 1.54) is 4.90 Å². The molecule has 6 nitrogen and oxygen atoms in total.